The normalized spacial score (nSPS) is 12.4. The van der Waals surface area contributed by atoms with Gasteiger partial charge in [0.2, 0.25) is 0 Å². The van der Waals surface area contributed by atoms with Crippen molar-refractivity contribution in [1.82, 2.24) is 10.2 Å². The number of hydrogen-bond acceptors (Lipinski definition) is 5. The van der Waals surface area contributed by atoms with Crippen molar-refractivity contribution in [2.24, 2.45) is 10.9 Å². The minimum Gasteiger partial charge on any atom is -0.409 e. The van der Waals surface area contributed by atoms with Crippen LogP contribution in [-0.2, 0) is 10.0 Å². The number of amidine groups is 1. The molecule has 0 radical (unpaired) electrons. The Labute approximate surface area is 129 Å². The summed E-state index contributed by atoms with van der Waals surface area (Å²) in [5, 5.41) is 17.9. The Hall–Kier alpha value is -2.07. The lowest BCUT2D eigenvalue weighted by Gasteiger charge is -2.11. The van der Waals surface area contributed by atoms with E-state index in [0.29, 0.717) is 10.2 Å². The molecule has 0 aliphatic carbocycles. The molecule has 0 spiro atoms. The van der Waals surface area contributed by atoms with Crippen LogP contribution in [0.5, 0.6) is 0 Å². The van der Waals surface area contributed by atoms with Gasteiger partial charge in [0, 0.05) is 10.0 Å². The van der Waals surface area contributed by atoms with Crippen LogP contribution in [0, 0.1) is 6.92 Å². The highest BCUT2D eigenvalue weighted by Gasteiger charge is 2.21. The first-order valence-electron chi connectivity index (χ1n) is 5.65. The number of nitrogens with two attached hydrogens (primary N) is 1. The Kier molecular flexibility index (Phi) is 4.19. The molecule has 8 nitrogen and oxygen atoms in total. The molecule has 1 aromatic carbocycles. The molecule has 0 amide bonds. The summed E-state index contributed by atoms with van der Waals surface area (Å²) in [5.74, 6) is -0.210. The molecule has 0 unspecified atom stereocenters. The van der Waals surface area contributed by atoms with E-state index >= 15 is 0 Å². The lowest BCUT2D eigenvalue weighted by Crippen LogP contribution is -2.19. The molecule has 0 saturated heterocycles. The lowest BCUT2D eigenvalue weighted by atomic mass is 10.2. The fourth-order valence-electron chi connectivity index (χ4n) is 1.68. The Balaban J connectivity index is 2.47. The van der Waals surface area contributed by atoms with Crippen LogP contribution in [-0.4, -0.2) is 29.7 Å². The molecular formula is C11H12BrN5O3S. The van der Waals surface area contributed by atoms with Gasteiger partial charge in [-0.15, -0.1) is 0 Å². The molecule has 0 aliphatic rings. The minimum absolute atomic E-state index is 0.0240. The Morgan fingerprint density at radius 3 is 2.81 bits per heavy atom. The van der Waals surface area contributed by atoms with Gasteiger partial charge in [-0.2, -0.15) is 5.10 Å². The maximum absolute atomic E-state index is 12.3. The molecule has 2 aromatic rings. The van der Waals surface area contributed by atoms with Crippen molar-refractivity contribution in [3.8, 4) is 0 Å². The van der Waals surface area contributed by atoms with E-state index in [1.54, 1.807) is 13.0 Å². The number of oxime groups is 1. The summed E-state index contributed by atoms with van der Waals surface area (Å²) >= 11 is 3.24. The zero-order chi connectivity index (χ0) is 15.6. The minimum atomic E-state index is -3.83. The predicted octanol–water partition coefficient (Wildman–Crippen LogP) is 1.38. The molecule has 1 heterocycles. The molecule has 0 atom stereocenters. The fourth-order valence-corrected chi connectivity index (χ4v) is 3.26. The largest absolute Gasteiger partial charge is 0.409 e. The first-order chi connectivity index (χ1) is 9.85. The van der Waals surface area contributed by atoms with E-state index in [-0.39, 0.29) is 22.0 Å². The number of nitrogens with zero attached hydrogens (tertiary/aromatic N) is 2. The summed E-state index contributed by atoms with van der Waals surface area (Å²) in [5.41, 5.74) is 6.40. The van der Waals surface area contributed by atoms with E-state index < -0.39 is 10.0 Å². The van der Waals surface area contributed by atoms with Gasteiger partial charge in [0.25, 0.3) is 10.0 Å². The number of hydrogen-bond donors (Lipinski definition) is 4. The van der Waals surface area contributed by atoms with Crippen LogP contribution in [0.15, 0.2) is 38.9 Å². The summed E-state index contributed by atoms with van der Waals surface area (Å²) in [6.07, 6.45) is 1.21. The molecule has 21 heavy (non-hydrogen) atoms. The topological polar surface area (TPSA) is 133 Å². The van der Waals surface area contributed by atoms with Crippen molar-refractivity contribution in [3.05, 3.63) is 40.1 Å². The molecule has 10 heteroatoms. The van der Waals surface area contributed by atoms with Gasteiger partial charge in [-0.3, -0.25) is 9.82 Å². The molecule has 1 aromatic heterocycles. The number of anilines is 1. The highest BCUT2D eigenvalue weighted by molar-refractivity contribution is 9.10. The van der Waals surface area contributed by atoms with Gasteiger partial charge in [-0.25, -0.2) is 8.42 Å². The van der Waals surface area contributed by atoms with Gasteiger partial charge in [0.05, 0.1) is 17.6 Å². The van der Waals surface area contributed by atoms with Gasteiger partial charge in [0.1, 0.15) is 4.90 Å². The summed E-state index contributed by atoms with van der Waals surface area (Å²) in [4.78, 5) is 0.0240. The first kappa shape index (κ1) is 15.3. The van der Waals surface area contributed by atoms with E-state index in [4.69, 9.17) is 10.9 Å². The number of nitrogens with one attached hydrogen (secondary N) is 2. The smallest absolute Gasteiger partial charge is 0.265 e. The average Bonchev–Trinajstić information content (AvgIpc) is 2.87. The number of benzene rings is 1. The molecular weight excluding hydrogens is 362 g/mol. The van der Waals surface area contributed by atoms with Crippen LogP contribution < -0.4 is 10.5 Å². The predicted molar refractivity (Wildman–Crippen MR) is 80.8 cm³/mol. The van der Waals surface area contributed by atoms with Crippen LogP contribution in [0.1, 0.15) is 11.3 Å². The molecule has 2 rings (SSSR count). The molecule has 5 N–H and O–H groups in total. The Morgan fingerprint density at radius 2 is 2.24 bits per heavy atom. The van der Waals surface area contributed by atoms with E-state index in [1.807, 2.05) is 0 Å². The summed E-state index contributed by atoms with van der Waals surface area (Å²) in [6.45, 7) is 1.59. The third-order valence-electron chi connectivity index (χ3n) is 2.68. The highest BCUT2D eigenvalue weighted by Crippen LogP contribution is 2.24. The number of aromatic nitrogens is 2. The second-order valence-electron chi connectivity index (χ2n) is 4.14. The summed E-state index contributed by atoms with van der Waals surface area (Å²) in [7, 11) is -3.83. The summed E-state index contributed by atoms with van der Waals surface area (Å²) < 4.78 is 27.7. The van der Waals surface area contributed by atoms with Crippen LogP contribution in [0.2, 0.25) is 0 Å². The van der Waals surface area contributed by atoms with Crippen LogP contribution in [0.3, 0.4) is 0 Å². The second kappa shape index (κ2) is 5.74. The zero-order valence-corrected chi connectivity index (χ0v) is 13.2. The zero-order valence-electron chi connectivity index (χ0n) is 10.8. The highest BCUT2D eigenvalue weighted by atomic mass is 79.9. The fraction of sp³-hybridized carbons (Fsp3) is 0.0909. The van der Waals surface area contributed by atoms with Crippen molar-refractivity contribution >= 4 is 37.5 Å². The van der Waals surface area contributed by atoms with E-state index in [2.05, 4.69) is 36.0 Å². The van der Waals surface area contributed by atoms with Gasteiger partial charge in [-0.1, -0.05) is 21.1 Å². The second-order valence-corrected chi connectivity index (χ2v) is 6.71. The molecule has 112 valence electrons. The lowest BCUT2D eigenvalue weighted by molar-refractivity contribution is 0.318. The standard InChI is InChI=1S/C11H12BrN5O3S/c1-6-10(5-14-15-6)21(19,20)17-9-3-2-7(12)4-8(9)11(13)16-18/h2-5,17-18H,1H3,(H2,13,16)(H,14,15). The maximum atomic E-state index is 12.3. The quantitative estimate of drug-likeness (QED) is 0.278. The molecule has 0 fully saturated rings. The van der Waals surface area contributed by atoms with Crippen LogP contribution in [0.25, 0.3) is 0 Å². The third kappa shape index (κ3) is 3.16. The van der Waals surface area contributed by atoms with Crippen molar-refractivity contribution in [2.45, 2.75) is 11.8 Å². The number of aromatic amines is 1. The molecule has 0 aliphatic heterocycles. The number of halogens is 1. The monoisotopic (exact) mass is 373 g/mol. The van der Waals surface area contributed by atoms with E-state index in [1.165, 1.54) is 18.3 Å². The van der Waals surface area contributed by atoms with Crippen molar-refractivity contribution in [3.63, 3.8) is 0 Å². The van der Waals surface area contributed by atoms with Gasteiger partial charge < -0.3 is 10.9 Å². The van der Waals surface area contributed by atoms with Gasteiger partial charge in [-0.05, 0) is 25.1 Å². The van der Waals surface area contributed by atoms with Crippen molar-refractivity contribution in [1.29, 1.82) is 0 Å². The third-order valence-corrected chi connectivity index (χ3v) is 4.66. The summed E-state index contributed by atoms with van der Waals surface area (Å²) in [6, 6.07) is 4.67. The molecule has 0 saturated carbocycles. The SMILES string of the molecule is Cc1[nH]ncc1S(=O)(=O)Nc1ccc(Br)cc1/C(N)=N/O. The van der Waals surface area contributed by atoms with Crippen LogP contribution in [0.4, 0.5) is 5.69 Å². The number of H-pyrrole nitrogens is 1. The van der Waals surface area contributed by atoms with Crippen LogP contribution >= 0.6 is 15.9 Å². The number of aryl methyl sites for hydroxylation is 1. The Morgan fingerprint density at radius 1 is 1.52 bits per heavy atom. The molecule has 0 bridgehead atoms. The number of rotatable bonds is 4. The van der Waals surface area contributed by atoms with E-state index in [0.717, 1.165) is 0 Å². The Bertz CT molecular complexity index is 800. The average molecular weight is 374 g/mol. The van der Waals surface area contributed by atoms with E-state index in [9.17, 15) is 8.42 Å². The van der Waals surface area contributed by atoms with Gasteiger partial charge >= 0.3 is 0 Å². The first-order valence-corrected chi connectivity index (χ1v) is 7.93. The van der Waals surface area contributed by atoms with Gasteiger partial charge in [0.15, 0.2) is 5.84 Å². The van der Waals surface area contributed by atoms with Crippen molar-refractivity contribution < 1.29 is 13.6 Å². The maximum Gasteiger partial charge on any atom is 0.265 e. The van der Waals surface area contributed by atoms with Crippen molar-refractivity contribution in [2.75, 3.05) is 4.72 Å². The number of sulfonamides is 1.